The lowest BCUT2D eigenvalue weighted by Crippen LogP contribution is -2.46. The first-order valence-corrected chi connectivity index (χ1v) is 6.84. The molecule has 102 valence electrons. The van der Waals surface area contributed by atoms with Crippen LogP contribution < -0.4 is 10.6 Å². The van der Waals surface area contributed by atoms with Gasteiger partial charge in [-0.15, -0.1) is 0 Å². The van der Waals surface area contributed by atoms with Gasteiger partial charge in [0.25, 0.3) is 0 Å². The van der Waals surface area contributed by atoms with Crippen molar-refractivity contribution in [2.75, 3.05) is 30.4 Å². The van der Waals surface area contributed by atoms with Gasteiger partial charge in [0.15, 0.2) is 5.82 Å². The van der Waals surface area contributed by atoms with Gasteiger partial charge >= 0.3 is 0 Å². The fraction of sp³-hybridized carbons (Fsp3) is 0.769. The maximum atomic E-state index is 6.27. The SMILES string of the molecule is CCCc1nn(C)c(N2CCOCC2CC)c1N. The smallest absolute Gasteiger partial charge is 0.150 e. The molecular formula is C13H24N4O. The standard InChI is InChI=1S/C13H24N4O/c1-4-6-11-12(14)13(16(3)15-11)17-7-8-18-9-10(17)5-2/h10H,4-9,14H2,1-3H3. The number of rotatable bonds is 4. The Morgan fingerprint density at radius 2 is 2.22 bits per heavy atom. The van der Waals surface area contributed by atoms with E-state index in [-0.39, 0.29) is 0 Å². The number of anilines is 2. The van der Waals surface area contributed by atoms with Crippen LogP contribution in [0.15, 0.2) is 0 Å². The molecule has 1 aromatic heterocycles. The van der Waals surface area contributed by atoms with E-state index in [2.05, 4.69) is 23.8 Å². The minimum atomic E-state index is 0.408. The van der Waals surface area contributed by atoms with E-state index < -0.39 is 0 Å². The minimum Gasteiger partial charge on any atom is -0.394 e. The van der Waals surface area contributed by atoms with Gasteiger partial charge in [-0.1, -0.05) is 20.3 Å². The Morgan fingerprint density at radius 3 is 2.89 bits per heavy atom. The van der Waals surface area contributed by atoms with E-state index in [9.17, 15) is 0 Å². The molecule has 2 rings (SSSR count). The monoisotopic (exact) mass is 252 g/mol. The Bertz CT molecular complexity index is 402. The molecule has 1 fully saturated rings. The molecular weight excluding hydrogens is 228 g/mol. The fourth-order valence-electron chi connectivity index (χ4n) is 2.62. The number of morpholine rings is 1. The Labute approximate surface area is 109 Å². The van der Waals surface area contributed by atoms with Gasteiger partial charge < -0.3 is 15.4 Å². The maximum absolute atomic E-state index is 6.27. The summed E-state index contributed by atoms with van der Waals surface area (Å²) in [7, 11) is 1.98. The van der Waals surface area contributed by atoms with Crippen LogP contribution in [0.3, 0.4) is 0 Å². The third-order valence-corrected chi connectivity index (χ3v) is 3.59. The topological polar surface area (TPSA) is 56.3 Å². The van der Waals surface area contributed by atoms with Crippen molar-refractivity contribution in [3.05, 3.63) is 5.69 Å². The minimum absolute atomic E-state index is 0.408. The second kappa shape index (κ2) is 5.61. The number of hydrogen-bond acceptors (Lipinski definition) is 4. The van der Waals surface area contributed by atoms with E-state index >= 15 is 0 Å². The molecule has 0 spiro atoms. The highest BCUT2D eigenvalue weighted by Gasteiger charge is 2.27. The highest BCUT2D eigenvalue weighted by atomic mass is 16.5. The van der Waals surface area contributed by atoms with Crippen LogP contribution in [0.5, 0.6) is 0 Å². The predicted octanol–water partition coefficient (Wildman–Crippen LogP) is 1.57. The Kier molecular flexibility index (Phi) is 4.11. The largest absolute Gasteiger partial charge is 0.394 e. The number of hydrogen-bond donors (Lipinski definition) is 1. The zero-order chi connectivity index (χ0) is 13.1. The molecule has 1 unspecified atom stereocenters. The Morgan fingerprint density at radius 1 is 1.44 bits per heavy atom. The highest BCUT2D eigenvalue weighted by molar-refractivity contribution is 5.67. The molecule has 0 aliphatic carbocycles. The van der Waals surface area contributed by atoms with Crippen molar-refractivity contribution in [1.82, 2.24) is 9.78 Å². The van der Waals surface area contributed by atoms with Crippen molar-refractivity contribution < 1.29 is 4.74 Å². The lowest BCUT2D eigenvalue weighted by atomic mass is 10.1. The van der Waals surface area contributed by atoms with Gasteiger partial charge in [0.05, 0.1) is 30.6 Å². The third kappa shape index (κ3) is 2.32. The number of nitrogens with zero attached hydrogens (tertiary/aromatic N) is 3. The van der Waals surface area contributed by atoms with E-state index in [1.54, 1.807) is 0 Å². The molecule has 18 heavy (non-hydrogen) atoms. The molecule has 1 atom stereocenters. The maximum Gasteiger partial charge on any atom is 0.150 e. The van der Waals surface area contributed by atoms with Crippen molar-refractivity contribution in [2.45, 2.75) is 39.2 Å². The van der Waals surface area contributed by atoms with Crippen LogP contribution in [0, 0.1) is 0 Å². The van der Waals surface area contributed by atoms with Crippen LogP contribution in [-0.2, 0) is 18.2 Å². The van der Waals surface area contributed by atoms with Gasteiger partial charge in [0.1, 0.15) is 0 Å². The summed E-state index contributed by atoms with van der Waals surface area (Å²) in [6, 6.07) is 0.408. The van der Waals surface area contributed by atoms with Gasteiger partial charge in [0, 0.05) is 13.6 Å². The Balaban J connectivity index is 2.30. The summed E-state index contributed by atoms with van der Waals surface area (Å²) in [5, 5.41) is 4.55. The number of nitrogen functional groups attached to an aromatic ring is 1. The van der Waals surface area contributed by atoms with Gasteiger partial charge in [-0.3, -0.25) is 4.68 Å². The van der Waals surface area contributed by atoms with Crippen molar-refractivity contribution >= 4 is 11.5 Å². The van der Waals surface area contributed by atoms with Crippen LogP contribution in [0.25, 0.3) is 0 Å². The lowest BCUT2D eigenvalue weighted by molar-refractivity contribution is 0.0922. The molecule has 1 saturated heterocycles. The summed E-state index contributed by atoms with van der Waals surface area (Å²) >= 11 is 0. The molecule has 1 aliphatic heterocycles. The molecule has 0 bridgehead atoms. The average Bonchev–Trinajstić information content (AvgIpc) is 2.65. The van der Waals surface area contributed by atoms with Crippen LogP contribution in [0.2, 0.25) is 0 Å². The average molecular weight is 252 g/mol. The fourth-order valence-corrected chi connectivity index (χ4v) is 2.62. The summed E-state index contributed by atoms with van der Waals surface area (Å²) in [4.78, 5) is 2.35. The zero-order valence-corrected chi connectivity index (χ0v) is 11.6. The number of aromatic nitrogens is 2. The van der Waals surface area contributed by atoms with Crippen LogP contribution in [0.4, 0.5) is 11.5 Å². The van der Waals surface area contributed by atoms with Crippen molar-refractivity contribution in [3.63, 3.8) is 0 Å². The number of nitrogens with two attached hydrogens (primary N) is 1. The Hall–Kier alpha value is -1.23. The first-order chi connectivity index (χ1) is 8.69. The summed E-state index contributed by atoms with van der Waals surface area (Å²) in [5.74, 6) is 1.06. The van der Waals surface area contributed by atoms with Gasteiger partial charge in [-0.2, -0.15) is 5.10 Å². The molecule has 0 amide bonds. The molecule has 5 nitrogen and oxygen atoms in total. The summed E-state index contributed by atoms with van der Waals surface area (Å²) < 4.78 is 7.47. The van der Waals surface area contributed by atoms with E-state index in [0.29, 0.717) is 6.04 Å². The van der Waals surface area contributed by atoms with E-state index in [1.165, 1.54) is 0 Å². The van der Waals surface area contributed by atoms with Gasteiger partial charge in [-0.25, -0.2) is 0 Å². The van der Waals surface area contributed by atoms with E-state index in [1.807, 2.05) is 11.7 Å². The lowest BCUT2D eigenvalue weighted by Gasteiger charge is -2.36. The van der Waals surface area contributed by atoms with Crippen LogP contribution >= 0.6 is 0 Å². The number of aryl methyl sites for hydroxylation is 2. The second-order valence-electron chi connectivity index (χ2n) is 4.89. The normalized spacial score (nSPS) is 20.4. The van der Waals surface area contributed by atoms with Gasteiger partial charge in [-0.05, 0) is 12.8 Å². The molecule has 0 radical (unpaired) electrons. The molecule has 0 saturated carbocycles. The zero-order valence-electron chi connectivity index (χ0n) is 11.6. The van der Waals surface area contributed by atoms with Crippen molar-refractivity contribution in [3.8, 4) is 0 Å². The van der Waals surface area contributed by atoms with Gasteiger partial charge in [0.2, 0.25) is 0 Å². The predicted molar refractivity (Wildman–Crippen MR) is 73.9 cm³/mol. The molecule has 2 N–H and O–H groups in total. The summed E-state index contributed by atoms with van der Waals surface area (Å²) in [6.07, 6.45) is 3.08. The first kappa shape index (κ1) is 13.2. The first-order valence-electron chi connectivity index (χ1n) is 6.84. The summed E-state index contributed by atoms with van der Waals surface area (Å²) in [5.41, 5.74) is 8.14. The quantitative estimate of drug-likeness (QED) is 0.883. The van der Waals surface area contributed by atoms with Crippen LogP contribution in [-0.4, -0.2) is 35.6 Å². The summed E-state index contributed by atoms with van der Waals surface area (Å²) in [6.45, 7) is 6.78. The molecule has 1 aliphatic rings. The van der Waals surface area contributed by atoms with E-state index in [4.69, 9.17) is 10.5 Å². The third-order valence-electron chi connectivity index (χ3n) is 3.59. The van der Waals surface area contributed by atoms with Crippen LogP contribution in [0.1, 0.15) is 32.4 Å². The van der Waals surface area contributed by atoms with E-state index in [0.717, 1.165) is 56.2 Å². The second-order valence-corrected chi connectivity index (χ2v) is 4.89. The number of ether oxygens (including phenoxy) is 1. The molecule has 1 aromatic rings. The highest BCUT2D eigenvalue weighted by Crippen LogP contribution is 2.30. The van der Waals surface area contributed by atoms with Crippen molar-refractivity contribution in [1.29, 1.82) is 0 Å². The van der Waals surface area contributed by atoms with Crippen molar-refractivity contribution in [2.24, 2.45) is 7.05 Å². The molecule has 5 heteroatoms. The molecule has 2 heterocycles. The molecule has 0 aromatic carbocycles.